The van der Waals surface area contributed by atoms with E-state index in [1.807, 2.05) is 0 Å². The van der Waals surface area contributed by atoms with Gasteiger partial charge < -0.3 is 15.8 Å². The minimum absolute atomic E-state index is 0.0633. The molecule has 0 fully saturated rings. The van der Waals surface area contributed by atoms with Crippen LogP contribution in [0.3, 0.4) is 0 Å². The molecule has 1 aliphatic rings. The molecule has 11 heteroatoms. The second-order valence-electron chi connectivity index (χ2n) is 6.29. The average Bonchev–Trinajstić information content (AvgIpc) is 2.67. The van der Waals surface area contributed by atoms with Crippen molar-refractivity contribution in [3.8, 4) is 0 Å². The van der Waals surface area contributed by atoms with Gasteiger partial charge >= 0.3 is 6.18 Å². The third kappa shape index (κ3) is 4.34. The maximum Gasteiger partial charge on any atom is 0.417 e. The second-order valence-corrected chi connectivity index (χ2v) is 6.29. The SMILES string of the molecule is NC1=NC(c2cccc(NC(=O)c3ccc(C(F)(F)F)cn3)c2)(C(F)F)COC1. The highest BCUT2D eigenvalue weighted by Gasteiger charge is 2.44. The highest BCUT2D eigenvalue weighted by molar-refractivity contribution is 6.02. The Hall–Kier alpha value is -3.08. The summed E-state index contributed by atoms with van der Waals surface area (Å²) in [6, 6.07) is 7.17. The maximum absolute atomic E-state index is 13.8. The zero-order chi connectivity index (χ0) is 21.2. The van der Waals surface area contributed by atoms with Crippen LogP contribution < -0.4 is 11.1 Å². The Bertz CT molecular complexity index is 931. The van der Waals surface area contributed by atoms with Crippen molar-refractivity contribution in [2.24, 2.45) is 10.7 Å². The summed E-state index contributed by atoms with van der Waals surface area (Å²) in [5.74, 6) is -0.884. The van der Waals surface area contributed by atoms with Crippen LogP contribution in [-0.2, 0) is 16.5 Å². The molecule has 1 aromatic carbocycles. The normalized spacial score (nSPS) is 19.7. The van der Waals surface area contributed by atoms with Gasteiger partial charge in [-0.25, -0.2) is 8.78 Å². The number of nitrogens with two attached hydrogens (primary N) is 1. The number of anilines is 1. The van der Waals surface area contributed by atoms with E-state index in [0.29, 0.717) is 6.20 Å². The van der Waals surface area contributed by atoms with E-state index < -0.39 is 36.2 Å². The lowest BCUT2D eigenvalue weighted by Gasteiger charge is -2.33. The zero-order valence-electron chi connectivity index (χ0n) is 14.7. The van der Waals surface area contributed by atoms with E-state index >= 15 is 0 Å². The first-order chi connectivity index (χ1) is 13.6. The van der Waals surface area contributed by atoms with Gasteiger partial charge in [0.25, 0.3) is 12.3 Å². The predicted octanol–water partition coefficient (Wildman–Crippen LogP) is 3.20. The number of halogens is 5. The van der Waals surface area contributed by atoms with Gasteiger partial charge in [0.05, 0.1) is 12.2 Å². The summed E-state index contributed by atoms with van der Waals surface area (Å²) in [6.45, 7) is -0.465. The van der Waals surface area contributed by atoms with Gasteiger partial charge in [0.2, 0.25) is 0 Å². The fourth-order valence-corrected chi connectivity index (χ4v) is 2.77. The number of benzene rings is 1. The minimum Gasteiger partial charge on any atom is -0.385 e. The number of ether oxygens (including phenoxy) is 1. The fraction of sp³-hybridized carbons (Fsp3) is 0.278. The third-order valence-corrected chi connectivity index (χ3v) is 4.22. The Labute approximate surface area is 161 Å². The molecule has 1 amide bonds. The third-order valence-electron chi connectivity index (χ3n) is 4.22. The van der Waals surface area contributed by atoms with Gasteiger partial charge in [-0.1, -0.05) is 12.1 Å². The summed E-state index contributed by atoms with van der Waals surface area (Å²) < 4.78 is 70.5. The Kier molecular flexibility index (Phi) is 5.51. The number of carbonyl (C=O) groups excluding carboxylic acids is 1. The van der Waals surface area contributed by atoms with E-state index in [2.05, 4.69) is 15.3 Å². The number of rotatable bonds is 4. The van der Waals surface area contributed by atoms with Crippen molar-refractivity contribution >= 4 is 17.4 Å². The molecule has 3 N–H and O–H groups in total. The Morgan fingerprint density at radius 1 is 1.24 bits per heavy atom. The number of alkyl halides is 5. The number of hydrogen-bond donors (Lipinski definition) is 2. The highest BCUT2D eigenvalue weighted by Crippen LogP contribution is 2.36. The summed E-state index contributed by atoms with van der Waals surface area (Å²) in [6.07, 6.45) is -6.97. The molecule has 154 valence electrons. The van der Waals surface area contributed by atoms with Crippen LogP contribution in [0.5, 0.6) is 0 Å². The smallest absolute Gasteiger partial charge is 0.385 e. The van der Waals surface area contributed by atoms with Crippen molar-refractivity contribution in [1.29, 1.82) is 0 Å². The lowest BCUT2D eigenvalue weighted by atomic mass is 9.90. The summed E-state index contributed by atoms with van der Waals surface area (Å²) >= 11 is 0. The number of hydrogen-bond acceptors (Lipinski definition) is 5. The standard InChI is InChI=1S/C18H15F5N4O2/c19-16(20)17(9-29-8-14(24)27-17)10-2-1-3-12(6-10)26-15(28)13-5-4-11(7-25-13)18(21,22)23/h1-7,16H,8-9H2,(H2,24,27)(H,26,28). The van der Waals surface area contributed by atoms with Crippen molar-refractivity contribution in [2.45, 2.75) is 18.1 Å². The van der Waals surface area contributed by atoms with Crippen LogP contribution >= 0.6 is 0 Å². The van der Waals surface area contributed by atoms with Gasteiger partial charge in [0, 0.05) is 11.9 Å². The van der Waals surface area contributed by atoms with E-state index in [-0.39, 0.29) is 29.4 Å². The second kappa shape index (κ2) is 7.74. The first kappa shape index (κ1) is 20.6. The predicted molar refractivity (Wildman–Crippen MR) is 93.8 cm³/mol. The molecule has 2 heterocycles. The van der Waals surface area contributed by atoms with Crippen molar-refractivity contribution < 1.29 is 31.5 Å². The largest absolute Gasteiger partial charge is 0.417 e. The monoisotopic (exact) mass is 414 g/mol. The number of amides is 1. The van der Waals surface area contributed by atoms with Crippen LogP contribution in [-0.4, -0.2) is 36.4 Å². The average molecular weight is 414 g/mol. The molecule has 3 rings (SSSR count). The molecule has 1 unspecified atom stereocenters. The molecular formula is C18H15F5N4O2. The van der Waals surface area contributed by atoms with Gasteiger partial charge in [-0.2, -0.15) is 13.2 Å². The number of amidine groups is 1. The molecule has 0 saturated carbocycles. The molecule has 0 bridgehead atoms. The van der Waals surface area contributed by atoms with Crippen LogP contribution in [0.15, 0.2) is 47.6 Å². The Balaban J connectivity index is 1.84. The molecular weight excluding hydrogens is 399 g/mol. The molecule has 0 saturated heterocycles. The molecule has 1 aliphatic heterocycles. The van der Waals surface area contributed by atoms with Crippen LogP contribution in [0.25, 0.3) is 0 Å². The van der Waals surface area contributed by atoms with Crippen molar-refractivity contribution in [3.63, 3.8) is 0 Å². The molecule has 1 atom stereocenters. The molecule has 0 spiro atoms. The molecule has 0 aliphatic carbocycles. The quantitative estimate of drug-likeness (QED) is 0.752. The number of pyridine rings is 1. The summed E-state index contributed by atoms with van der Waals surface area (Å²) in [5.41, 5.74) is 2.47. The molecule has 2 aromatic rings. The number of carbonyl (C=O) groups is 1. The van der Waals surface area contributed by atoms with Crippen LogP contribution in [0.1, 0.15) is 21.6 Å². The van der Waals surface area contributed by atoms with E-state index in [1.165, 1.54) is 24.3 Å². The number of nitrogens with zero attached hydrogens (tertiary/aromatic N) is 2. The van der Waals surface area contributed by atoms with E-state index in [9.17, 15) is 26.7 Å². The number of aromatic nitrogens is 1. The van der Waals surface area contributed by atoms with Gasteiger partial charge in [-0.15, -0.1) is 0 Å². The van der Waals surface area contributed by atoms with Gasteiger partial charge in [-0.3, -0.25) is 14.8 Å². The topological polar surface area (TPSA) is 89.6 Å². The van der Waals surface area contributed by atoms with Crippen LogP contribution in [0.2, 0.25) is 0 Å². The Morgan fingerprint density at radius 3 is 2.59 bits per heavy atom. The van der Waals surface area contributed by atoms with Gasteiger partial charge in [0.15, 0.2) is 5.54 Å². The molecule has 1 aromatic heterocycles. The van der Waals surface area contributed by atoms with Gasteiger partial charge in [-0.05, 0) is 29.8 Å². The highest BCUT2D eigenvalue weighted by atomic mass is 19.4. The van der Waals surface area contributed by atoms with E-state index in [0.717, 1.165) is 12.1 Å². The first-order valence-corrected chi connectivity index (χ1v) is 8.27. The summed E-state index contributed by atoms with van der Waals surface area (Å²) in [7, 11) is 0. The van der Waals surface area contributed by atoms with Crippen molar-refractivity contribution in [3.05, 3.63) is 59.4 Å². The first-order valence-electron chi connectivity index (χ1n) is 8.27. The molecule has 29 heavy (non-hydrogen) atoms. The zero-order valence-corrected chi connectivity index (χ0v) is 14.7. The number of aliphatic imine (C=N–C) groups is 1. The van der Waals surface area contributed by atoms with Crippen molar-refractivity contribution in [1.82, 2.24) is 4.98 Å². The summed E-state index contributed by atoms with van der Waals surface area (Å²) in [4.78, 5) is 19.6. The number of nitrogens with one attached hydrogen (secondary N) is 1. The Morgan fingerprint density at radius 2 is 2.00 bits per heavy atom. The van der Waals surface area contributed by atoms with Crippen LogP contribution in [0.4, 0.5) is 27.6 Å². The maximum atomic E-state index is 13.8. The fourth-order valence-electron chi connectivity index (χ4n) is 2.77. The van der Waals surface area contributed by atoms with E-state index in [4.69, 9.17) is 10.5 Å². The van der Waals surface area contributed by atoms with Gasteiger partial charge in [0.1, 0.15) is 18.1 Å². The lowest BCUT2D eigenvalue weighted by molar-refractivity contribution is -0.137. The van der Waals surface area contributed by atoms with Crippen LogP contribution in [0, 0.1) is 0 Å². The van der Waals surface area contributed by atoms with E-state index in [1.54, 1.807) is 0 Å². The summed E-state index contributed by atoms with van der Waals surface area (Å²) in [5, 5.41) is 2.42. The lowest BCUT2D eigenvalue weighted by Crippen LogP contribution is -2.44. The molecule has 6 nitrogen and oxygen atoms in total. The molecule has 0 radical (unpaired) electrons. The van der Waals surface area contributed by atoms with Crippen molar-refractivity contribution in [2.75, 3.05) is 18.5 Å². The minimum atomic E-state index is -4.58.